The van der Waals surface area contributed by atoms with Crippen LogP contribution in [0.25, 0.3) is 10.2 Å². The van der Waals surface area contributed by atoms with Gasteiger partial charge in [-0.1, -0.05) is 0 Å². The molecule has 0 saturated carbocycles. The van der Waals surface area contributed by atoms with Gasteiger partial charge in [-0.05, 0) is 19.4 Å². The quantitative estimate of drug-likeness (QED) is 0.610. The standard InChI is InChI=1S/C21H27N7O2S/c1-14-15(2)31-21-19(14)20(23-17(24-21)12-26-6-8-30-9-7-26)27-4-5-28(18(29)13-27)16-10-22-25(3)11-16/h10-11H,4-9,12-13H2,1-3H3. The van der Waals surface area contributed by atoms with E-state index in [1.165, 1.54) is 10.4 Å². The minimum atomic E-state index is 0.0605. The molecule has 5 heterocycles. The number of thiophene rings is 1. The zero-order valence-electron chi connectivity index (χ0n) is 18.2. The number of aryl methyl sites for hydroxylation is 3. The van der Waals surface area contributed by atoms with Gasteiger partial charge in [0.25, 0.3) is 0 Å². The Labute approximate surface area is 185 Å². The number of aromatic nitrogens is 4. The molecule has 10 heteroatoms. The van der Waals surface area contributed by atoms with Crippen LogP contribution in [0.4, 0.5) is 11.5 Å². The van der Waals surface area contributed by atoms with Crippen LogP contribution in [0, 0.1) is 13.8 Å². The van der Waals surface area contributed by atoms with Crippen molar-refractivity contribution in [2.24, 2.45) is 7.05 Å². The SMILES string of the molecule is Cc1sc2nc(CN3CCOCC3)nc(N3CCN(c4cnn(C)c4)C(=O)C3)c2c1C. The molecule has 0 radical (unpaired) electrons. The number of hydrogen-bond donors (Lipinski definition) is 0. The summed E-state index contributed by atoms with van der Waals surface area (Å²) in [7, 11) is 1.86. The molecule has 0 aromatic carbocycles. The van der Waals surface area contributed by atoms with Crippen LogP contribution in [-0.2, 0) is 23.1 Å². The van der Waals surface area contributed by atoms with Crippen molar-refractivity contribution < 1.29 is 9.53 Å². The highest BCUT2D eigenvalue weighted by atomic mass is 32.1. The predicted molar refractivity (Wildman–Crippen MR) is 121 cm³/mol. The lowest BCUT2D eigenvalue weighted by Gasteiger charge is -2.35. The third-order valence-electron chi connectivity index (χ3n) is 6.05. The van der Waals surface area contributed by atoms with Gasteiger partial charge in [-0.25, -0.2) is 9.97 Å². The van der Waals surface area contributed by atoms with Crippen LogP contribution in [0.15, 0.2) is 12.4 Å². The Morgan fingerprint density at radius 2 is 1.94 bits per heavy atom. The first kappa shape index (κ1) is 20.3. The average Bonchev–Trinajstić information content (AvgIpc) is 3.31. The van der Waals surface area contributed by atoms with E-state index in [9.17, 15) is 4.79 Å². The minimum Gasteiger partial charge on any atom is -0.379 e. The number of rotatable bonds is 4. The Balaban J connectivity index is 1.46. The normalized spacial score (nSPS) is 18.4. The van der Waals surface area contributed by atoms with Gasteiger partial charge in [-0.15, -0.1) is 11.3 Å². The number of anilines is 2. The molecular formula is C21H27N7O2S. The molecule has 0 unspecified atom stereocenters. The van der Waals surface area contributed by atoms with Crippen molar-refractivity contribution in [1.29, 1.82) is 0 Å². The van der Waals surface area contributed by atoms with Crippen LogP contribution in [0.1, 0.15) is 16.3 Å². The first-order valence-electron chi connectivity index (χ1n) is 10.6. The van der Waals surface area contributed by atoms with Crippen LogP contribution >= 0.6 is 11.3 Å². The second kappa shape index (κ2) is 8.18. The molecule has 2 aliphatic heterocycles. The van der Waals surface area contributed by atoms with E-state index in [1.807, 2.05) is 18.1 Å². The van der Waals surface area contributed by atoms with Crippen LogP contribution in [0.2, 0.25) is 0 Å². The van der Waals surface area contributed by atoms with Gasteiger partial charge in [-0.3, -0.25) is 14.4 Å². The second-order valence-electron chi connectivity index (χ2n) is 8.15. The van der Waals surface area contributed by atoms with Crippen LogP contribution in [-0.4, -0.2) is 76.5 Å². The lowest BCUT2D eigenvalue weighted by atomic mass is 10.2. The van der Waals surface area contributed by atoms with Gasteiger partial charge in [0, 0.05) is 44.3 Å². The molecule has 31 heavy (non-hydrogen) atoms. The fourth-order valence-corrected chi connectivity index (χ4v) is 5.25. The number of morpholine rings is 1. The van der Waals surface area contributed by atoms with E-state index in [4.69, 9.17) is 14.7 Å². The van der Waals surface area contributed by atoms with Gasteiger partial charge in [0.2, 0.25) is 5.91 Å². The average molecular weight is 442 g/mol. The third-order valence-corrected chi connectivity index (χ3v) is 7.15. The fourth-order valence-electron chi connectivity index (χ4n) is 4.20. The van der Waals surface area contributed by atoms with Crippen LogP contribution in [0.5, 0.6) is 0 Å². The third kappa shape index (κ3) is 3.90. The molecule has 3 aromatic heterocycles. The van der Waals surface area contributed by atoms with E-state index in [2.05, 4.69) is 28.7 Å². The van der Waals surface area contributed by atoms with E-state index >= 15 is 0 Å². The molecule has 5 rings (SSSR count). The number of nitrogens with zero attached hydrogens (tertiary/aromatic N) is 7. The first-order chi connectivity index (χ1) is 15.0. The van der Waals surface area contributed by atoms with Crippen molar-refractivity contribution in [3.8, 4) is 0 Å². The van der Waals surface area contributed by atoms with E-state index in [-0.39, 0.29) is 5.91 Å². The number of fused-ring (bicyclic) bond motifs is 1. The van der Waals surface area contributed by atoms with Crippen LogP contribution in [0.3, 0.4) is 0 Å². The summed E-state index contributed by atoms with van der Waals surface area (Å²) in [5.74, 6) is 1.76. The topological polar surface area (TPSA) is 79.6 Å². The minimum absolute atomic E-state index is 0.0605. The van der Waals surface area contributed by atoms with E-state index < -0.39 is 0 Å². The number of amides is 1. The summed E-state index contributed by atoms with van der Waals surface area (Å²) in [6, 6.07) is 0. The summed E-state index contributed by atoms with van der Waals surface area (Å²) in [5, 5.41) is 5.28. The maximum absolute atomic E-state index is 13.0. The molecular weight excluding hydrogens is 414 g/mol. The van der Waals surface area contributed by atoms with E-state index in [1.54, 1.807) is 22.2 Å². The van der Waals surface area contributed by atoms with Gasteiger partial charge in [-0.2, -0.15) is 5.10 Å². The largest absolute Gasteiger partial charge is 0.379 e. The van der Waals surface area contributed by atoms with Gasteiger partial charge in [0.1, 0.15) is 16.5 Å². The molecule has 164 valence electrons. The number of hydrogen-bond acceptors (Lipinski definition) is 8. The Morgan fingerprint density at radius 1 is 1.13 bits per heavy atom. The molecule has 0 N–H and O–H groups in total. The summed E-state index contributed by atoms with van der Waals surface area (Å²) in [4.78, 5) is 31.4. The number of carbonyl (C=O) groups excluding carboxylic acids is 1. The molecule has 0 bridgehead atoms. The lowest BCUT2D eigenvalue weighted by molar-refractivity contribution is -0.117. The van der Waals surface area contributed by atoms with E-state index in [0.717, 1.165) is 60.4 Å². The van der Waals surface area contributed by atoms with Gasteiger partial charge in [0.05, 0.1) is 43.6 Å². The monoisotopic (exact) mass is 441 g/mol. The van der Waals surface area contributed by atoms with Crippen molar-refractivity contribution in [2.45, 2.75) is 20.4 Å². The smallest absolute Gasteiger partial charge is 0.246 e. The molecule has 2 saturated heterocycles. The maximum atomic E-state index is 13.0. The van der Waals surface area contributed by atoms with Gasteiger partial charge >= 0.3 is 0 Å². The van der Waals surface area contributed by atoms with Crippen molar-refractivity contribution in [1.82, 2.24) is 24.6 Å². The highest BCUT2D eigenvalue weighted by Crippen LogP contribution is 2.36. The fraction of sp³-hybridized carbons (Fsp3) is 0.524. The summed E-state index contributed by atoms with van der Waals surface area (Å²) in [6.45, 7) is 9.85. The van der Waals surface area contributed by atoms with Gasteiger partial charge in [0.15, 0.2) is 0 Å². The molecule has 9 nitrogen and oxygen atoms in total. The maximum Gasteiger partial charge on any atom is 0.246 e. The highest BCUT2D eigenvalue weighted by Gasteiger charge is 2.29. The Bertz CT molecular complexity index is 1120. The Morgan fingerprint density at radius 3 is 2.65 bits per heavy atom. The first-order valence-corrected chi connectivity index (χ1v) is 11.4. The summed E-state index contributed by atoms with van der Waals surface area (Å²) in [6.07, 6.45) is 3.62. The number of piperazine rings is 1. The van der Waals surface area contributed by atoms with Crippen molar-refractivity contribution in [3.05, 3.63) is 28.7 Å². The summed E-state index contributed by atoms with van der Waals surface area (Å²) >= 11 is 1.71. The molecule has 2 aliphatic rings. The molecule has 3 aromatic rings. The van der Waals surface area contributed by atoms with Crippen molar-refractivity contribution in [2.75, 3.05) is 55.7 Å². The zero-order valence-corrected chi connectivity index (χ0v) is 19.0. The van der Waals surface area contributed by atoms with Crippen LogP contribution < -0.4 is 9.80 Å². The zero-order chi connectivity index (χ0) is 21.5. The highest BCUT2D eigenvalue weighted by molar-refractivity contribution is 7.18. The lowest BCUT2D eigenvalue weighted by Crippen LogP contribution is -2.51. The molecule has 0 atom stereocenters. The number of carbonyl (C=O) groups is 1. The molecule has 2 fully saturated rings. The Kier molecular flexibility index (Phi) is 5.37. The molecule has 0 spiro atoms. The summed E-state index contributed by atoms with van der Waals surface area (Å²) < 4.78 is 7.19. The number of ether oxygens (including phenoxy) is 1. The van der Waals surface area contributed by atoms with Gasteiger partial charge < -0.3 is 14.5 Å². The Hall–Kier alpha value is -2.56. The molecule has 0 aliphatic carbocycles. The van der Waals surface area contributed by atoms with Crippen molar-refractivity contribution >= 4 is 39.0 Å². The molecule has 1 amide bonds. The summed E-state index contributed by atoms with van der Waals surface area (Å²) in [5.41, 5.74) is 2.05. The van der Waals surface area contributed by atoms with E-state index in [0.29, 0.717) is 19.6 Å². The van der Waals surface area contributed by atoms with Crippen molar-refractivity contribution in [3.63, 3.8) is 0 Å². The second-order valence-corrected chi connectivity index (χ2v) is 9.36. The predicted octanol–water partition coefficient (Wildman–Crippen LogP) is 1.73.